The first-order chi connectivity index (χ1) is 7.19. The summed E-state index contributed by atoms with van der Waals surface area (Å²) >= 11 is 0. The minimum atomic E-state index is 0.0344. The molecule has 1 N–H and O–H groups in total. The van der Waals surface area contributed by atoms with Crippen molar-refractivity contribution in [2.75, 3.05) is 7.11 Å². The number of oxime groups is 1. The molecule has 0 heterocycles. The summed E-state index contributed by atoms with van der Waals surface area (Å²) in [7, 11) is 1.57. The predicted molar refractivity (Wildman–Crippen MR) is 58.1 cm³/mol. The Hall–Kier alpha value is -1.71. The van der Waals surface area contributed by atoms with Crippen LogP contribution in [0.2, 0.25) is 0 Å². The number of methoxy groups -OCH3 is 1. The van der Waals surface area contributed by atoms with Gasteiger partial charge in [0.1, 0.15) is 0 Å². The van der Waals surface area contributed by atoms with Crippen molar-refractivity contribution in [1.29, 1.82) is 0 Å². The SMILES string of the molecule is COc1cccc(C=NO)c1OC(C)C. The Balaban J connectivity index is 3.14. The number of para-hydroxylation sites is 1. The molecule has 0 fully saturated rings. The second-order valence-electron chi connectivity index (χ2n) is 3.29. The van der Waals surface area contributed by atoms with Crippen LogP contribution in [0.25, 0.3) is 0 Å². The summed E-state index contributed by atoms with van der Waals surface area (Å²) < 4.78 is 10.8. The summed E-state index contributed by atoms with van der Waals surface area (Å²) in [6.45, 7) is 3.85. The highest BCUT2D eigenvalue weighted by Gasteiger charge is 2.10. The number of rotatable bonds is 4. The number of benzene rings is 1. The van der Waals surface area contributed by atoms with E-state index in [9.17, 15) is 0 Å². The third-order valence-corrected chi connectivity index (χ3v) is 1.78. The highest BCUT2D eigenvalue weighted by atomic mass is 16.5. The Morgan fingerprint density at radius 1 is 1.40 bits per heavy atom. The standard InChI is InChI=1S/C11H15NO3/c1-8(2)15-11-9(7-12-13)5-4-6-10(11)14-3/h4-8,13H,1-3H3. The van der Waals surface area contributed by atoms with E-state index in [4.69, 9.17) is 14.7 Å². The fourth-order valence-corrected chi connectivity index (χ4v) is 1.22. The summed E-state index contributed by atoms with van der Waals surface area (Å²) in [5.74, 6) is 1.22. The van der Waals surface area contributed by atoms with Crippen LogP contribution in [0, 0.1) is 0 Å². The van der Waals surface area contributed by atoms with Crippen LogP contribution in [-0.4, -0.2) is 24.6 Å². The van der Waals surface area contributed by atoms with Crippen LogP contribution >= 0.6 is 0 Å². The Morgan fingerprint density at radius 2 is 2.13 bits per heavy atom. The summed E-state index contributed by atoms with van der Waals surface area (Å²) in [6, 6.07) is 5.40. The molecule has 0 bridgehead atoms. The molecule has 4 nitrogen and oxygen atoms in total. The Kier molecular flexibility index (Phi) is 3.97. The number of nitrogens with zero attached hydrogens (tertiary/aromatic N) is 1. The molecule has 0 aromatic heterocycles. The van der Waals surface area contributed by atoms with Gasteiger partial charge in [0.05, 0.1) is 19.4 Å². The van der Waals surface area contributed by atoms with E-state index in [2.05, 4.69) is 5.16 Å². The van der Waals surface area contributed by atoms with E-state index in [1.54, 1.807) is 19.2 Å². The van der Waals surface area contributed by atoms with Crippen molar-refractivity contribution in [2.45, 2.75) is 20.0 Å². The Labute approximate surface area is 89.1 Å². The maximum Gasteiger partial charge on any atom is 0.170 e. The van der Waals surface area contributed by atoms with Crippen molar-refractivity contribution in [3.63, 3.8) is 0 Å². The topological polar surface area (TPSA) is 51.0 Å². The second kappa shape index (κ2) is 5.24. The highest BCUT2D eigenvalue weighted by Crippen LogP contribution is 2.30. The van der Waals surface area contributed by atoms with Crippen molar-refractivity contribution in [1.82, 2.24) is 0 Å². The fourth-order valence-electron chi connectivity index (χ4n) is 1.22. The van der Waals surface area contributed by atoms with Crippen LogP contribution in [-0.2, 0) is 0 Å². The molecule has 15 heavy (non-hydrogen) atoms. The summed E-state index contributed by atoms with van der Waals surface area (Å²) in [4.78, 5) is 0. The largest absolute Gasteiger partial charge is 0.493 e. The zero-order valence-electron chi connectivity index (χ0n) is 9.10. The minimum absolute atomic E-state index is 0.0344. The predicted octanol–water partition coefficient (Wildman–Crippen LogP) is 2.29. The molecule has 0 amide bonds. The number of hydrogen-bond donors (Lipinski definition) is 1. The molecule has 0 aliphatic heterocycles. The van der Waals surface area contributed by atoms with Gasteiger partial charge in [0, 0.05) is 5.56 Å². The lowest BCUT2D eigenvalue weighted by molar-refractivity contribution is 0.229. The van der Waals surface area contributed by atoms with E-state index in [1.165, 1.54) is 6.21 Å². The lowest BCUT2D eigenvalue weighted by atomic mass is 10.2. The molecule has 0 aliphatic carbocycles. The van der Waals surface area contributed by atoms with Gasteiger partial charge in [-0.15, -0.1) is 0 Å². The van der Waals surface area contributed by atoms with Gasteiger partial charge in [-0.2, -0.15) is 0 Å². The van der Waals surface area contributed by atoms with Gasteiger partial charge < -0.3 is 14.7 Å². The van der Waals surface area contributed by atoms with Gasteiger partial charge in [-0.3, -0.25) is 0 Å². The lowest BCUT2D eigenvalue weighted by Crippen LogP contribution is -2.08. The second-order valence-corrected chi connectivity index (χ2v) is 3.29. The van der Waals surface area contributed by atoms with Crippen molar-refractivity contribution in [3.05, 3.63) is 23.8 Å². The number of hydrogen-bond acceptors (Lipinski definition) is 4. The zero-order chi connectivity index (χ0) is 11.3. The molecule has 1 aromatic carbocycles. The quantitative estimate of drug-likeness (QED) is 0.470. The first-order valence-corrected chi connectivity index (χ1v) is 4.70. The van der Waals surface area contributed by atoms with E-state index in [0.717, 1.165) is 0 Å². The monoisotopic (exact) mass is 209 g/mol. The molecule has 1 rings (SSSR count). The van der Waals surface area contributed by atoms with Crippen LogP contribution in [0.5, 0.6) is 11.5 Å². The smallest absolute Gasteiger partial charge is 0.170 e. The fraction of sp³-hybridized carbons (Fsp3) is 0.364. The van der Waals surface area contributed by atoms with Gasteiger partial charge in [0.15, 0.2) is 11.5 Å². The number of ether oxygens (including phenoxy) is 2. The molecular weight excluding hydrogens is 194 g/mol. The Morgan fingerprint density at radius 3 is 2.67 bits per heavy atom. The third kappa shape index (κ3) is 2.87. The van der Waals surface area contributed by atoms with E-state index >= 15 is 0 Å². The lowest BCUT2D eigenvalue weighted by Gasteiger charge is -2.15. The van der Waals surface area contributed by atoms with E-state index in [0.29, 0.717) is 17.1 Å². The molecule has 0 aliphatic rings. The normalized spacial score (nSPS) is 10.9. The van der Waals surface area contributed by atoms with Crippen molar-refractivity contribution in [3.8, 4) is 11.5 Å². The highest BCUT2D eigenvalue weighted by molar-refractivity contribution is 5.84. The van der Waals surface area contributed by atoms with Crippen LogP contribution < -0.4 is 9.47 Å². The van der Waals surface area contributed by atoms with Crippen molar-refractivity contribution in [2.24, 2.45) is 5.16 Å². The van der Waals surface area contributed by atoms with Gasteiger partial charge in [-0.05, 0) is 26.0 Å². The molecular formula is C11H15NO3. The average Bonchev–Trinajstić information content (AvgIpc) is 2.20. The van der Waals surface area contributed by atoms with Gasteiger partial charge in [0.25, 0.3) is 0 Å². The molecule has 0 saturated heterocycles. The van der Waals surface area contributed by atoms with Gasteiger partial charge in [-0.1, -0.05) is 11.2 Å². The molecule has 82 valence electrons. The van der Waals surface area contributed by atoms with Crippen molar-refractivity contribution >= 4 is 6.21 Å². The average molecular weight is 209 g/mol. The van der Waals surface area contributed by atoms with Gasteiger partial charge in [0.2, 0.25) is 0 Å². The first-order valence-electron chi connectivity index (χ1n) is 4.70. The molecule has 4 heteroatoms. The molecule has 0 atom stereocenters. The van der Waals surface area contributed by atoms with Crippen LogP contribution in [0.1, 0.15) is 19.4 Å². The van der Waals surface area contributed by atoms with Crippen LogP contribution in [0.3, 0.4) is 0 Å². The molecule has 0 saturated carbocycles. The third-order valence-electron chi connectivity index (χ3n) is 1.78. The van der Waals surface area contributed by atoms with Gasteiger partial charge >= 0.3 is 0 Å². The summed E-state index contributed by atoms with van der Waals surface area (Å²) in [5, 5.41) is 11.5. The van der Waals surface area contributed by atoms with E-state index in [-0.39, 0.29) is 6.10 Å². The van der Waals surface area contributed by atoms with Crippen LogP contribution in [0.15, 0.2) is 23.4 Å². The van der Waals surface area contributed by atoms with E-state index < -0.39 is 0 Å². The Bertz CT molecular complexity index is 348. The maximum absolute atomic E-state index is 8.51. The summed E-state index contributed by atoms with van der Waals surface area (Å²) in [5.41, 5.74) is 0.686. The molecule has 0 unspecified atom stereocenters. The molecule has 0 radical (unpaired) electrons. The first kappa shape index (κ1) is 11.4. The zero-order valence-corrected chi connectivity index (χ0v) is 9.10. The van der Waals surface area contributed by atoms with Gasteiger partial charge in [-0.25, -0.2) is 0 Å². The molecule has 1 aromatic rings. The van der Waals surface area contributed by atoms with Crippen molar-refractivity contribution < 1.29 is 14.7 Å². The molecule has 0 spiro atoms. The maximum atomic E-state index is 8.51. The van der Waals surface area contributed by atoms with Crippen LogP contribution in [0.4, 0.5) is 0 Å². The van der Waals surface area contributed by atoms with E-state index in [1.807, 2.05) is 19.9 Å². The summed E-state index contributed by atoms with van der Waals surface area (Å²) in [6.07, 6.45) is 1.35. The minimum Gasteiger partial charge on any atom is -0.493 e.